The van der Waals surface area contributed by atoms with Gasteiger partial charge < -0.3 is 5.32 Å². The Balaban J connectivity index is 1.69. The van der Waals surface area contributed by atoms with Gasteiger partial charge >= 0.3 is 0 Å². The van der Waals surface area contributed by atoms with Crippen molar-refractivity contribution in [1.29, 1.82) is 0 Å². The molecule has 21 heavy (non-hydrogen) atoms. The fraction of sp³-hybridized carbons (Fsp3) is 0.125. The van der Waals surface area contributed by atoms with E-state index in [0.29, 0.717) is 12.4 Å². The van der Waals surface area contributed by atoms with E-state index in [1.807, 2.05) is 31.2 Å². The zero-order valence-electron chi connectivity index (χ0n) is 11.6. The summed E-state index contributed by atoms with van der Waals surface area (Å²) in [6.45, 7) is 2.54. The van der Waals surface area contributed by atoms with Gasteiger partial charge in [0.1, 0.15) is 11.6 Å². The molecule has 2 N–H and O–H groups in total. The van der Waals surface area contributed by atoms with E-state index < -0.39 is 0 Å². The Hall–Kier alpha value is -2.69. The van der Waals surface area contributed by atoms with Crippen molar-refractivity contribution in [2.24, 2.45) is 0 Å². The number of nitrogens with one attached hydrogen (secondary N) is 2. The summed E-state index contributed by atoms with van der Waals surface area (Å²) in [7, 11) is 0. The Kier molecular flexibility index (Phi) is 3.64. The van der Waals surface area contributed by atoms with E-state index >= 15 is 0 Å². The van der Waals surface area contributed by atoms with Crippen molar-refractivity contribution in [3.8, 4) is 11.4 Å². The first kappa shape index (κ1) is 13.3. The second kappa shape index (κ2) is 5.75. The summed E-state index contributed by atoms with van der Waals surface area (Å²) in [5.74, 6) is 1.16. The molecule has 0 unspecified atom stereocenters. The van der Waals surface area contributed by atoms with Crippen molar-refractivity contribution in [3.05, 3.63) is 65.7 Å². The molecule has 0 saturated carbocycles. The van der Waals surface area contributed by atoms with Gasteiger partial charge in [0.2, 0.25) is 0 Å². The zero-order valence-corrected chi connectivity index (χ0v) is 11.6. The van der Waals surface area contributed by atoms with E-state index in [1.165, 1.54) is 17.7 Å². The molecule has 1 heterocycles. The first-order valence-corrected chi connectivity index (χ1v) is 6.68. The monoisotopic (exact) mass is 282 g/mol. The van der Waals surface area contributed by atoms with Gasteiger partial charge in [-0.3, -0.25) is 5.10 Å². The maximum atomic E-state index is 12.8. The van der Waals surface area contributed by atoms with Gasteiger partial charge in [-0.15, -0.1) is 0 Å². The molecular weight excluding hydrogens is 267 g/mol. The smallest absolute Gasteiger partial charge is 0.181 e. The molecule has 0 fully saturated rings. The van der Waals surface area contributed by atoms with E-state index in [9.17, 15) is 4.39 Å². The highest BCUT2D eigenvalue weighted by atomic mass is 19.1. The molecule has 0 spiro atoms. The molecule has 0 aliphatic carbocycles. The average Bonchev–Trinajstić information content (AvgIpc) is 2.96. The number of halogens is 1. The van der Waals surface area contributed by atoms with Crippen LogP contribution < -0.4 is 5.32 Å². The molecule has 1 aromatic heterocycles. The number of anilines is 1. The Morgan fingerprint density at radius 1 is 1.14 bits per heavy atom. The van der Waals surface area contributed by atoms with E-state index in [4.69, 9.17) is 0 Å². The van der Waals surface area contributed by atoms with Crippen LogP contribution in [0, 0.1) is 12.7 Å². The topological polar surface area (TPSA) is 53.6 Å². The molecule has 0 saturated heterocycles. The van der Waals surface area contributed by atoms with Gasteiger partial charge in [-0.25, -0.2) is 9.37 Å². The highest BCUT2D eigenvalue weighted by Crippen LogP contribution is 2.16. The van der Waals surface area contributed by atoms with Crippen molar-refractivity contribution < 1.29 is 4.39 Å². The molecule has 106 valence electrons. The van der Waals surface area contributed by atoms with Crippen LogP contribution in [0.3, 0.4) is 0 Å². The second-order valence-electron chi connectivity index (χ2n) is 4.84. The second-order valence-corrected chi connectivity index (χ2v) is 4.84. The van der Waals surface area contributed by atoms with E-state index in [-0.39, 0.29) is 5.82 Å². The van der Waals surface area contributed by atoms with Crippen LogP contribution in [-0.2, 0) is 6.54 Å². The SMILES string of the molecule is Cc1cccc(-c2n[nH]c(CNc3ccc(F)cc3)n2)c1. The number of nitrogens with zero attached hydrogens (tertiary/aromatic N) is 2. The number of aromatic nitrogens is 3. The third kappa shape index (κ3) is 3.25. The van der Waals surface area contributed by atoms with Gasteiger partial charge in [0.25, 0.3) is 0 Å². The normalized spacial score (nSPS) is 10.6. The number of aromatic amines is 1. The van der Waals surface area contributed by atoms with Gasteiger partial charge in [0.05, 0.1) is 6.54 Å². The minimum Gasteiger partial charge on any atom is -0.378 e. The molecular formula is C16H15FN4. The quantitative estimate of drug-likeness (QED) is 0.769. The number of hydrogen-bond donors (Lipinski definition) is 2. The van der Waals surface area contributed by atoms with Gasteiger partial charge in [-0.05, 0) is 37.3 Å². The molecule has 0 bridgehead atoms. The predicted octanol–water partition coefficient (Wildman–Crippen LogP) is 3.53. The average molecular weight is 282 g/mol. The van der Waals surface area contributed by atoms with E-state index in [1.54, 1.807) is 12.1 Å². The van der Waals surface area contributed by atoms with Crippen LogP contribution >= 0.6 is 0 Å². The molecule has 0 aliphatic heterocycles. The highest BCUT2D eigenvalue weighted by Gasteiger charge is 2.05. The highest BCUT2D eigenvalue weighted by molar-refractivity contribution is 5.55. The standard InChI is InChI=1S/C16H15FN4/c1-11-3-2-4-12(9-11)16-19-15(20-21-16)10-18-14-7-5-13(17)6-8-14/h2-9,18H,10H2,1H3,(H,19,20,21). The summed E-state index contributed by atoms with van der Waals surface area (Å²) in [5.41, 5.74) is 2.99. The number of benzene rings is 2. The van der Waals surface area contributed by atoms with Crippen molar-refractivity contribution in [3.63, 3.8) is 0 Å². The van der Waals surface area contributed by atoms with Gasteiger partial charge in [-0.2, -0.15) is 5.10 Å². The van der Waals surface area contributed by atoms with Crippen molar-refractivity contribution in [2.45, 2.75) is 13.5 Å². The van der Waals surface area contributed by atoms with Crippen LogP contribution in [0.2, 0.25) is 0 Å². The van der Waals surface area contributed by atoms with Crippen LogP contribution in [0.4, 0.5) is 10.1 Å². The molecule has 3 aromatic rings. The minimum atomic E-state index is -0.248. The van der Waals surface area contributed by atoms with Crippen LogP contribution in [0.15, 0.2) is 48.5 Å². The Morgan fingerprint density at radius 3 is 2.71 bits per heavy atom. The van der Waals surface area contributed by atoms with Crippen LogP contribution in [0.5, 0.6) is 0 Å². The molecule has 0 atom stereocenters. The van der Waals surface area contributed by atoms with Crippen molar-refractivity contribution in [1.82, 2.24) is 15.2 Å². The molecule has 4 nitrogen and oxygen atoms in total. The molecule has 5 heteroatoms. The van der Waals surface area contributed by atoms with Gasteiger partial charge in [-0.1, -0.05) is 23.8 Å². The van der Waals surface area contributed by atoms with Crippen LogP contribution in [-0.4, -0.2) is 15.2 Å². The number of rotatable bonds is 4. The first-order chi connectivity index (χ1) is 10.2. The molecule has 0 amide bonds. The largest absolute Gasteiger partial charge is 0.378 e. The summed E-state index contributed by atoms with van der Waals surface area (Å²) >= 11 is 0. The van der Waals surface area contributed by atoms with Gasteiger partial charge in [0.15, 0.2) is 5.82 Å². The molecule has 0 aliphatic rings. The van der Waals surface area contributed by atoms with Crippen LogP contribution in [0.1, 0.15) is 11.4 Å². The zero-order chi connectivity index (χ0) is 14.7. The number of H-pyrrole nitrogens is 1. The lowest BCUT2D eigenvalue weighted by Gasteiger charge is -2.03. The molecule has 2 aromatic carbocycles. The molecule has 0 radical (unpaired) electrons. The maximum absolute atomic E-state index is 12.8. The van der Waals surface area contributed by atoms with E-state index in [2.05, 4.69) is 20.5 Å². The maximum Gasteiger partial charge on any atom is 0.181 e. The van der Waals surface area contributed by atoms with Crippen molar-refractivity contribution >= 4 is 5.69 Å². The lowest BCUT2D eigenvalue weighted by atomic mass is 10.1. The summed E-state index contributed by atoms with van der Waals surface area (Å²) in [4.78, 5) is 4.45. The summed E-state index contributed by atoms with van der Waals surface area (Å²) < 4.78 is 12.8. The fourth-order valence-electron chi connectivity index (χ4n) is 2.04. The molecule has 3 rings (SSSR count). The Bertz CT molecular complexity index is 734. The lowest BCUT2D eigenvalue weighted by molar-refractivity contribution is 0.628. The minimum absolute atomic E-state index is 0.248. The third-order valence-electron chi connectivity index (χ3n) is 3.11. The summed E-state index contributed by atoms with van der Waals surface area (Å²) in [6, 6.07) is 14.3. The summed E-state index contributed by atoms with van der Waals surface area (Å²) in [6.07, 6.45) is 0. The first-order valence-electron chi connectivity index (χ1n) is 6.68. The lowest BCUT2D eigenvalue weighted by Crippen LogP contribution is -2.01. The van der Waals surface area contributed by atoms with Crippen molar-refractivity contribution in [2.75, 3.05) is 5.32 Å². The van der Waals surface area contributed by atoms with E-state index in [0.717, 1.165) is 17.1 Å². The Morgan fingerprint density at radius 2 is 1.95 bits per heavy atom. The number of hydrogen-bond acceptors (Lipinski definition) is 3. The number of aryl methyl sites for hydroxylation is 1. The fourth-order valence-corrected chi connectivity index (χ4v) is 2.04. The van der Waals surface area contributed by atoms with Gasteiger partial charge in [0, 0.05) is 11.3 Å². The predicted molar refractivity (Wildman–Crippen MR) is 80.3 cm³/mol. The third-order valence-corrected chi connectivity index (χ3v) is 3.11. The Labute approximate surface area is 122 Å². The van der Waals surface area contributed by atoms with Crippen LogP contribution in [0.25, 0.3) is 11.4 Å². The summed E-state index contributed by atoms with van der Waals surface area (Å²) in [5, 5.41) is 10.3.